The number of unbranched alkanes of at least 4 members (excludes halogenated alkanes) is 1. The van der Waals surface area contributed by atoms with Crippen LogP contribution in [0.2, 0.25) is 0 Å². The molecule has 0 fully saturated rings. The third kappa shape index (κ3) is 2.15. The second-order valence-electron chi connectivity index (χ2n) is 5.83. The average molecular weight is 320 g/mol. The van der Waals surface area contributed by atoms with E-state index in [1.54, 1.807) is 0 Å². The molecule has 2 aromatic heterocycles. The molecule has 120 valence electrons. The van der Waals surface area contributed by atoms with E-state index < -0.39 is 0 Å². The van der Waals surface area contributed by atoms with Gasteiger partial charge in [-0.3, -0.25) is 5.10 Å². The summed E-state index contributed by atoms with van der Waals surface area (Å²) in [6.45, 7) is 2.13. The van der Waals surface area contributed by atoms with Gasteiger partial charge in [-0.1, -0.05) is 25.5 Å². The Morgan fingerprint density at radius 3 is 3.04 bits per heavy atom. The Labute approximate surface area is 138 Å². The maximum absolute atomic E-state index is 9.84. The van der Waals surface area contributed by atoms with Crippen molar-refractivity contribution in [2.45, 2.75) is 32.1 Å². The quantitative estimate of drug-likeness (QED) is 0.763. The first-order valence-electron chi connectivity index (χ1n) is 7.98. The number of aromatic amines is 1. The number of hydrogen-bond acceptors (Lipinski definition) is 6. The van der Waals surface area contributed by atoms with Crippen LogP contribution in [0.15, 0.2) is 40.3 Å². The van der Waals surface area contributed by atoms with Crippen molar-refractivity contribution >= 4 is 16.9 Å². The number of anilines is 1. The Morgan fingerprint density at radius 2 is 2.21 bits per heavy atom. The van der Waals surface area contributed by atoms with Crippen LogP contribution in [0.3, 0.4) is 0 Å². The van der Waals surface area contributed by atoms with Crippen molar-refractivity contribution in [1.82, 2.24) is 20.5 Å². The van der Waals surface area contributed by atoms with Crippen LogP contribution in [-0.2, 0) is 0 Å². The highest BCUT2D eigenvalue weighted by Crippen LogP contribution is 2.43. The first-order valence-corrected chi connectivity index (χ1v) is 7.98. The maximum Gasteiger partial charge on any atom is 0.156 e. The average Bonchev–Trinajstić information content (AvgIpc) is 3.26. The summed E-state index contributed by atoms with van der Waals surface area (Å²) in [4.78, 5) is 0. The van der Waals surface area contributed by atoms with Crippen molar-refractivity contribution in [3.05, 3.63) is 46.8 Å². The number of nitriles is 1. The van der Waals surface area contributed by atoms with Crippen LogP contribution in [0.25, 0.3) is 11.0 Å². The van der Waals surface area contributed by atoms with Gasteiger partial charge in [0, 0.05) is 17.5 Å². The van der Waals surface area contributed by atoms with Crippen LogP contribution in [0.1, 0.15) is 43.2 Å². The highest BCUT2D eigenvalue weighted by atomic mass is 16.6. The molecule has 0 spiro atoms. The van der Waals surface area contributed by atoms with E-state index in [2.05, 4.69) is 38.8 Å². The Balaban J connectivity index is 1.92. The minimum Gasteiger partial charge on any atom is -0.341 e. The molecule has 24 heavy (non-hydrogen) atoms. The van der Waals surface area contributed by atoms with Crippen molar-refractivity contribution < 1.29 is 4.63 Å². The molecule has 3 heterocycles. The number of H-pyrrole nitrogens is 1. The maximum atomic E-state index is 9.84. The van der Waals surface area contributed by atoms with Crippen molar-refractivity contribution in [2.24, 2.45) is 0 Å². The molecule has 0 radical (unpaired) electrons. The van der Waals surface area contributed by atoms with Gasteiger partial charge in [0.1, 0.15) is 11.0 Å². The topological polar surface area (TPSA) is 103 Å². The molecular formula is C17H16N6O. The van der Waals surface area contributed by atoms with E-state index in [-0.39, 0.29) is 5.92 Å². The van der Waals surface area contributed by atoms with Crippen molar-refractivity contribution in [3.63, 3.8) is 0 Å². The molecule has 3 aromatic rings. The number of rotatable bonds is 4. The van der Waals surface area contributed by atoms with Crippen molar-refractivity contribution in [1.29, 1.82) is 5.26 Å². The predicted molar refractivity (Wildman–Crippen MR) is 88.0 cm³/mol. The Hall–Kier alpha value is -3.14. The molecule has 0 bridgehead atoms. The summed E-state index contributed by atoms with van der Waals surface area (Å²) in [7, 11) is 0. The Kier molecular flexibility index (Phi) is 3.50. The molecule has 0 saturated heterocycles. The molecular weight excluding hydrogens is 304 g/mol. The summed E-state index contributed by atoms with van der Waals surface area (Å²) in [5, 5.41) is 28.3. The standard InChI is InChI=1S/C17H16N6O/c1-2-3-6-13-11(8-18)15(12-9-19-21-17(12)20-13)10-5-4-7-14-16(10)23-24-22-14/h4-5,7,9,15H,2-3,6H2,1H3,(H2,19,20,21). The molecule has 7 heteroatoms. The fraction of sp³-hybridized carbons (Fsp3) is 0.294. The smallest absolute Gasteiger partial charge is 0.156 e. The summed E-state index contributed by atoms with van der Waals surface area (Å²) in [5.41, 5.74) is 4.83. The third-order valence-corrected chi connectivity index (χ3v) is 4.39. The lowest BCUT2D eigenvalue weighted by atomic mass is 9.82. The van der Waals surface area contributed by atoms with Crippen LogP contribution < -0.4 is 5.32 Å². The second kappa shape index (κ2) is 5.81. The molecule has 4 rings (SSSR count). The van der Waals surface area contributed by atoms with E-state index in [0.29, 0.717) is 16.6 Å². The highest BCUT2D eigenvalue weighted by molar-refractivity contribution is 5.80. The fourth-order valence-corrected chi connectivity index (χ4v) is 3.23. The van der Waals surface area contributed by atoms with E-state index in [0.717, 1.165) is 41.9 Å². The Bertz CT molecular complexity index is 961. The SMILES string of the molecule is CCCCC1=C(C#N)C(c2cccc3nonc23)c2c[nH]nc2N1. The number of nitrogens with zero attached hydrogens (tertiary/aromatic N) is 4. The van der Waals surface area contributed by atoms with E-state index >= 15 is 0 Å². The lowest BCUT2D eigenvalue weighted by molar-refractivity contribution is 0.315. The molecule has 0 saturated carbocycles. The van der Waals surface area contributed by atoms with Crippen LogP contribution in [-0.4, -0.2) is 20.5 Å². The van der Waals surface area contributed by atoms with Gasteiger partial charge >= 0.3 is 0 Å². The van der Waals surface area contributed by atoms with Gasteiger partial charge in [-0.25, -0.2) is 4.63 Å². The van der Waals surface area contributed by atoms with Gasteiger partial charge < -0.3 is 5.32 Å². The zero-order valence-corrected chi connectivity index (χ0v) is 13.2. The predicted octanol–water partition coefficient (Wildman–Crippen LogP) is 3.47. The highest BCUT2D eigenvalue weighted by Gasteiger charge is 2.32. The zero-order chi connectivity index (χ0) is 16.5. The van der Waals surface area contributed by atoms with Crippen LogP contribution in [0.4, 0.5) is 5.82 Å². The van der Waals surface area contributed by atoms with E-state index in [1.807, 2.05) is 24.4 Å². The van der Waals surface area contributed by atoms with Crippen molar-refractivity contribution in [3.8, 4) is 6.07 Å². The van der Waals surface area contributed by atoms with E-state index in [1.165, 1.54) is 0 Å². The lowest BCUT2D eigenvalue weighted by Crippen LogP contribution is -2.18. The summed E-state index contributed by atoms with van der Waals surface area (Å²) in [6.07, 6.45) is 4.71. The third-order valence-electron chi connectivity index (χ3n) is 4.39. The second-order valence-corrected chi connectivity index (χ2v) is 5.83. The van der Waals surface area contributed by atoms with Gasteiger partial charge in [-0.2, -0.15) is 10.4 Å². The zero-order valence-electron chi connectivity index (χ0n) is 13.2. The molecule has 2 N–H and O–H groups in total. The van der Waals surface area contributed by atoms with Gasteiger partial charge in [-0.05, 0) is 34.8 Å². The van der Waals surface area contributed by atoms with Crippen LogP contribution in [0.5, 0.6) is 0 Å². The van der Waals surface area contributed by atoms with E-state index in [9.17, 15) is 5.26 Å². The number of aromatic nitrogens is 4. The summed E-state index contributed by atoms with van der Waals surface area (Å²) in [6, 6.07) is 8.12. The van der Waals surface area contributed by atoms with Gasteiger partial charge in [0.25, 0.3) is 0 Å². The van der Waals surface area contributed by atoms with Crippen LogP contribution >= 0.6 is 0 Å². The van der Waals surface area contributed by atoms with Crippen LogP contribution in [0, 0.1) is 11.3 Å². The first-order chi connectivity index (χ1) is 11.8. The molecule has 0 aliphatic carbocycles. The minimum atomic E-state index is -0.229. The summed E-state index contributed by atoms with van der Waals surface area (Å²) in [5.74, 6) is 0.533. The fourth-order valence-electron chi connectivity index (χ4n) is 3.23. The number of nitrogens with one attached hydrogen (secondary N) is 2. The number of benzene rings is 1. The minimum absolute atomic E-state index is 0.229. The van der Waals surface area contributed by atoms with E-state index in [4.69, 9.17) is 4.63 Å². The van der Waals surface area contributed by atoms with Gasteiger partial charge in [0.2, 0.25) is 0 Å². The normalized spacial score (nSPS) is 16.8. The Morgan fingerprint density at radius 1 is 1.29 bits per heavy atom. The molecule has 1 atom stereocenters. The van der Waals surface area contributed by atoms with Crippen molar-refractivity contribution in [2.75, 3.05) is 5.32 Å². The number of fused-ring (bicyclic) bond motifs is 2. The summed E-state index contributed by atoms with van der Waals surface area (Å²) < 4.78 is 4.89. The molecule has 1 aliphatic rings. The molecule has 7 nitrogen and oxygen atoms in total. The lowest BCUT2D eigenvalue weighted by Gasteiger charge is -2.26. The van der Waals surface area contributed by atoms with Gasteiger partial charge in [-0.15, -0.1) is 0 Å². The van der Waals surface area contributed by atoms with Gasteiger partial charge in [0.15, 0.2) is 5.82 Å². The molecule has 0 amide bonds. The molecule has 1 unspecified atom stereocenters. The van der Waals surface area contributed by atoms with Gasteiger partial charge in [0.05, 0.1) is 17.6 Å². The monoisotopic (exact) mass is 320 g/mol. The first kappa shape index (κ1) is 14.5. The number of allylic oxidation sites excluding steroid dienone is 2. The number of hydrogen-bond donors (Lipinski definition) is 2. The largest absolute Gasteiger partial charge is 0.341 e. The summed E-state index contributed by atoms with van der Waals surface area (Å²) >= 11 is 0. The molecule has 1 aliphatic heterocycles. The molecule has 1 aromatic carbocycles.